The maximum atomic E-state index is 6.14. The van der Waals surface area contributed by atoms with Gasteiger partial charge in [0.25, 0.3) is 0 Å². The summed E-state index contributed by atoms with van der Waals surface area (Å²) < 4.78 is 5.65. The lowest BCUT2D eigenvalue weighted by Crippen LogP contribution is -2.17. The van der Waals surface area contributed by atoms with Crippen LogP contribution in [0.3, 0.4) is 0 Å². The number of ether oxygens (including phenoxy) is 1. The molecule has 1 saturated carbocycles. The van der Waals surface area contributed by atoms with Crippen molar-refractivity contribution in [3.8, 4) is 5.88 Å². The first-order chi connectivity index (χ1) is 9.15. The van der Waals surface area contributed by atoms with E-state index >= 15 is 0 Å². The van der Waals surface area contributed by atoms with Gasteiger partial charge < -0.3 is 15.0 Å². The van der Waals surface area contributed by atoms with E-state index in [4.69, 9.17) is 16.3 Å². The Morgan fingerprint density at radius 1 is 1.42 bits per heavy atom. The average molecular weight is 284 g/mol. The number of pyridine rings is 1. The molecule has 5 heteroatoms. The lowest BCUT2D eigenvalue weighted by atomic mass is 10.3. The molecule has 0 aliphatic heterocycles. The van der Waals surface area contributed by atoms with Crippen molar-refractivity contribution >= 4 is 11.6 Å². The first-order valence-corrected chi connectivity index (χ1v) is 7.19. The third-order valence-corrected chi connectivity index (χ3v) is 3.37. The summed E-state index contributed by atoms with van der Waals surface area (Å²) in [4.78, 5) is 6.60. The zero-order chi connectivity index (χ0) is 13.7. The molecule has 1 fully saturated rings. The minimum atomic E-state index is 0.655. The lowest BCUT2D eigenvalue weighted by molar-refractivity contribution is 0.272. The molecule has 1 N–H and O–H groups in total. The van der Waals surface area contributed by atoms with Crippen LogP contribution in [0.5, 0.6) is 5.88 Å². The average Bonchev–Trinajstić information content (AvgIpc) is 3.18. The van der Waals surface area contributed by atoms with E-state index in [9.17, 15) is 0 Å². The maximum Gasteiger partial charge on any atom is 0.213 e. The standard InChI is InChI=1S/C14H22ClN3O/c1-18(2)8-3-9-19-14-7-6-12(15)13(17-14)10-16-11-4-5-11/h6-7,11,16H,3-5,8-10H2,1-2H3. The van der Waals surface area contributed by atoms with E-state index in [1.54, 1.807) is 0 Å². The van der Waals surface area contributed by atoms with Gasteiger partial charge in [0.05, 0.1) is 17.3 Å². The van der Waals surface area contributed by atoms with Crippen LogP contribution in [0, 0.1) is 0 Å². The SMILES string of the molecule is CN(C)CCCOc1ccc(Cl)c(CNC2CC2)n1. The fraction of sp³-hybridized carbons (Fsp3) is 0.643. The topological polar surface area (TPSA) is 37.4 Å². The first kappa shape index (κ1) is 14.6. The second-order valence-electron chi connectivity index (χ2n) is 5.24. The molecule has 19 heavy (non-hydrogen) atoms. The molecule has 2 rings (SSSR count). The zero-order valence-electron chi connectivity index (χ0n) is 11.7. The second kappa shape index (κ2) is 7.08. The summed E-state index contributed by atoms with van der Waals surface area (Å²) in [5.74, 6) is 0.663. The number of hydrogen-bond acceptors (Lipinski definition) is 4. The molecule has 0 amide bonds. The van der Waals surface area contributed by atoms with Gasteiger partial charge in [-0.1, -0.05) is 11.6 Å². The van der Waals surface area contributed by atoms with Crippen LogP contribution in [-0.2, 0) is 6.54 Å². The van der Waals surface area contributed by atoms with Crippen LogP contribution in [0.1, 0.15) is 25.0 Å². The van der Waals surface area contributed by atoms with Crippen molar-refractivity contribution in [3.63, 3.8) is 0 Å². The predicted octanol–water partition coefficient (Wildman–Crippen LogP) is 2.32. The Kier molecular flexibility index (Phi) is 5.43. The van der Waals surface area contributed by atoms with E-state index in [0.29, 0.717) is 23.6 Å². The molecule has 0 radical (unpaired) electrons. The van der Waals surface area contributed by atoms with Gasteiger partial charge in [-0.05, 0) is 39.4 Å². The molecule has 0 spiro atoms. The normalized spacial score (nSPS) is 14.9. The first-order valence-electron chi connectivity index (χ1n) is 6.81. The lowest BCUT2D eigenvalue weighted by Gasteiger charge is -2.11. The number of aromatic nitrogens is 1. The summed E-state index contributed by atoms with van der Waals surface area (Å²) in [6.07, 6.45) is 3.52. The van der Waals surface area contributed by atoms with Crippen molar-refractivity contribution in [1.29, 1.82) is 0 Å². The summed E-state index contributed by atoms with van der Waals surface area (Å²) in [7, 11) is 4.12. The fourth-order valence-corrected chi connectivity index (χ4v) is 1.93. The largest absolute Gasteiger partial charge is 0.478 e. The molecule has 106 valence electrons. The van der Waals surface area contributed by atoms with Gasteiger partial charge >= 0.3 is 0 Å². The highest BCUT2D eigenvalue weighted by Gasteiger charge is 2.20. The highest BCUT2D eigenvalue weighted by molar-refractivity contribution is 6.31. The molecule has 1 heterocycles. The van der Waals surface area contributed by atoms with Crippen molar-refractivity contribution in [2.75, 3.05) is 27.2 Å². The number of nitrogens with one attached hydrogen (secondary N) is 1. The monoisotopic (exact) mass is 283 g/mol. The van der Waals surface area contributed by atoms with Crippen LogP contribution in [0.25, 0.3) is 0 Å². The molecule has 0 atom stereocenters. The van der Waals surface area contributed by atoms with Crippen molar-refractivity contribution in [1.82, 2.24) is 15.2 Å². The van der Waals surface area contributed by atoms with Crippen LogP contribution in [0.2, 0.25) is 5.02 Å². The molecule has 4 nitrogen and oxygen atoms in total. The van der Waals surface area contributed by atoms with E-state index in [0.717, 1.165) is 25.2 Å². The van der Waals surface area contributed by atoms with Gasteiger partial charge in [0, 0.05) is 25.2 Å². The minimum Gasteiger partial charge on any atom is -0.478 e. The van der Waals surface area contributed by atoms with E-state index in [1.165, 1.54) is 12.8 Å². The predicted molar refractivity (Wildman–Crippen MR) is 77.8 cm³/mol. The Morgan fingerprint density at radius 2 is 2.21 bits per heavy atom. The highest BCUT2D eigenvalue weighted by Crippen LogP contribution is 2.22. The highest BCUT2D eigenvalue weighted by atomic mass is 35.5. The zero-order valence-corrected chi connectivity index (χ0v) is 12.4. The summed E-state index contributed by atoms with van der Waals surface area (Å²) in [5.41, 5.74) is 0.874. The molecule has 1 aliphatic rings. The van der Waals surface area contributed by atoms with Gasteiger partial charge in [0.1, 0.15) is 0 Å². The Labute approximate surface area is 120 Å². The molecule has 0 saturated heterocycles. The molecular weight excluding hydrogens is 262 g/mol. The third kappa shape index (κ3) is 5.35. The summed E-state index contributed by atoms with van der Waals surface area (Å²) in [6.45, 7) is 2.42. The van der Waals surface area contributed by atoms with Crippen LogP contribution in [-0.4, -0.2) is 43.2 Å². The van der Waals surface area contributed by atoms with E-state index in [2.05, 4.69) is 29.3 Å². The van der Waals surface area contributed by atoms with Gasteiger partial charge in [0.15, 0.2) is 0 Å². The quantitative estimate of drug-likeness (QED) is 0.743. The second-order valence-corrected chi connectivity index (χ2v) is 5.65. The molecular formula is C14H22ClN3O. The number of rotatable bonds is 8. The van der Waals surface area contributed by atoms with Gasteiger partial charge in [0.2, 0.25) is 5.88 Å². The van der Waals surface area contributed by atoms with Crippen molar-refractivity contribution in [2.45, 2.75) is 31.8 Å². The molecule has 0 bridgehead atoms. The Morgan fingerprint density at radius 3 is 2.89 bits per heavy atom. The van der Waals surface area contributed by atoms with Crippen LogP contribution in [0.15, 0.2) is 12.1 Å². The van der Waals surface area contributed by atoms with Gasteiger partial charge in [-0.15, -0.1) is 0 Å². The van der Waals surface area contributed by atoms with Crippen molar-refractivity contribution in [3.05, 3.63) is 22.8 Å². The Hall–Kier alpha value is -0.840. The van der Waals surface area contributed by atoms with Gasteiger partial charge in [-0.25, -0.2) is 4.98 Å². The van der Waals surface area contributed by atoms with Gasteiger partial charge in [-0.2, -0.15) is 0 Å². The molecule has 0 unspecified atom stereocenters. The summed E-state index contributed by atoms with van der Waals surface area (Å²) in [5, 5.41) is 4.12. The van der Waals surface area contributed by atoms with E-state index in [1.807, 2.05) is 12.1 Å². The fourth-order valence-electron chi connectivity index (χ4n) is 1.75. The molecule has 1 aliphatic carbocycles. The Balaban J connectivity index is 1.80. The maximum absolute atomic E-state index is 6.14. The van der Waals surface area contributed by atoms with Crippen LogP contribution < -0.4 is 10.1 Å². The number of hydrogen-bond donors (Lipinski definition) is 1. The third-order valence-electron chi connectivity index (χ3n) is 3.03. The van der Waals surface area contributed by atoms with E-state index in [-0.39, 0.29) is 0 Å². The molecule has 1 aromatic rings. The Bertz CT molecular complexity index is 408. The van der Waals surface area contributed by atoms with Crippen LogP contribution >= 0.6 is 11.6 Å². The van der Waals surface area contributed by atoms with Crippen molar-refractivity contribution < 1.29 is 4.74 Å². The van der Waals surface area contributed by atoms with Crippen LogP contribution in [0.4, 0.5) is 0 Å². The summed E-state index contributed by atoms with van der Waals surface area (Å²) in [6, 6.07) is 4.35. The number of nitrogens with zero attached hydrogens (tertiary/aromatic N) is 2. The van der Waals surface area contributed by atoms with Gasteiger partial charge in [-0.3, -0.25) is 0 Å². The summed E-state index contributed by atoms with van der Waals surface area (Å²) >= 11 is 6.14. The van der Waals surface area contributed by atoms with E-state index < -0.39 is 0 Å². The van der Waals surface area contributed by atoms with Crippen molar-refractivity contribution in [2.24, 2.45) is 0 Å². The minimum absolute atomic E-state index is 0.655. The molecule has 1 aromatic heterocycles. The number of halogens is 1. The smallest absolute Gasteiger partial charge is 0.213 e. The molecule has 0 aromatic carbocycles.